The van der Waals surface area contributed by atoms with E-state index in [4.69, 9.17) is 16.2 Å². The smallest absolute Gasteiger partial charge is 0.234 e. The van der Waals surface area contributed by atoms with Crippen LogP contribution in [0.3, 0.4) is 0 Å². The lowest BCUT2D eigenvalue weighted by Crippen LogP contribution is -2.15. The molecule has 1 aromatic heterocycles. The number of aromatic nitrogens is 2. The summed E-state index contributed by atoms with van der Waals surface area (Å²) in [5.74, 6) is 1.67. The molecule has 0 aliphatic carbocycles. The summed E-state index contributed by atoms with van der Waals surface area (Å²) < 4.78 is 5.83. The molecule has 0 saturated heterocycles. The van der Waals surface area contributed by atoms with Gasteiger partial charge in [-0.05, 0) is 24.3 Å². The minimum atomic E-state index is -0.219. The van der Waals surface area contributed by atoms with Crippen molar-refractivity contribution in [3.05, 3.63) is 60.7 Å². The highest BCUT2D eigenvalue weighted by atomic mass is 32.2. The number of rotatable bonds is 6. The van der Waals surface area contributed by atoms with Crippen LogP contribution in [-0.4, -0.2) is 21.6 Å². The second-order valence-corrected chi connectivity index (χ2v) is 6.19. The van der Waals surface area contributed by atoms with E-state index in [1.165, 1.54) is 6.07 Å². The van der Waals surface area contributed by atoms with Crippen molar-refractivity contribution in [2.45, 2.75) is 5.16 Å². The Balaban J connectivity index is 1.64. The molecule has 7 nitrogen and oxygen atoms in total. The zero-order valence-electron chi connectivity index (χ0n) is 13.8. The molecule has 0 spiro atoms. The highest BCUT2D eigenvalue weighted by Gasteiger charge is 2.10. The van der Waals surface area contributed by atoms with Crippen molar-refractivity contribution in [2.24, 2.45) is 0 Å². The van der Waals surface area contributed by atoms with Gasteiger partial charge in [0.05, 0.1) is 11.4 Å². The normalized spacial score (nSPS) is 10.3. The minimum absolute atomic E-state index is 0.114. The Labute approximate surface area is 154 Å². The van der Waals surface area contributed by atoms with Crippen LogP contribution in [0.5, 0.6) is 11.5 Å². The number of carbonyl (C=O) groups excluding carboxylic acids is 1. The van der Waals surface area contributed by atoms with Gasteiger partial charge in [-0.25, -0.2) is 9.97 Å². The van der Waals surface area contributed by atoms with Crippen LogP contribution in [0.4, 0.5) is 17.3 Å². The summed E-state index contributed by atoms with van der Waals surface area (Å²) in [6.45, 7) is 0. The van der Waals surface area contributed by atoms with Crippen LogP contribution >= 0.6 is 11.8 Å². The van der Waals surface area contributed by atoms with Crippen LogP contribution in [0.2, 0.25) is 0 Å². The van der Waals surface area contributed by atoms with Gasteiger partial charge in [-0.2, -0.15) is 0 Å². The minimum Gasteiger partial charge on any atom is -0.455 e. The molecule has 0 saturated carbocycles. The first-order chi connectivity index (χ1) is 12.6. The van der Waals surface area contributed by atoms with E-state index < -0.39 is 0 Å². The summed E-state index contributed by atoms with van der Waals surface area (Å²) in [6.07, 6.45) is 0. The summed E-state index contributed by atoms with van der Waals surface area (Å²) >= 11 is 1.15. The van der Waals surface area contributed by atoms with Crippen LogP contribution < -0.4 is 21.5 Å². The van der Waals surface area contributed by atoms with Gasteiger partial charge in [0, 0.05) is 6.07 Å². The van der Waals surface area contributed by atoms with Crippen LogP contribution in [0.1, 0.15) is 0 Å². The van der Waals surface area contributed by atoms with E-state index in [1.807, 2.05) is 42.5 Å². The second kappa shape index (κ2) is 8.21. The van der Waals surface area contributed by atoms with Crippen molar-refractivity contribution in [1.29, 1.82) is 0 Å². The number of nitrogens with zero attached hydrogens (tertiary/aromatic N) is 2. The van der Waals surface area contributed by atoms with Crippen molar-refractivity contribution in [1.82, 2.24) is 9.97 Å². The van der Waals surface area contributed by atoms with Crippen LogP contribution in [0, 0.1) is 0 Å². The number of anilines is 3. The number of amides is 1. The van der Waals surface area contributed by atoms with Crippen molar-refractivity contribution in [2.75, 3.05) is 22.5 Å². The lowest BCUT2D eigenvalue weighted by Gasteiger charge is -2.12. The average molecular weight is 367 g/mol. The monoisotopic (exact) mass is 367 g/mol. The molecule has 0 bridgehead atoms. The average Bonchev–Trinajstić information content (AvgIpc) is 2.62. The Hall–Kier alpha value is -3.26. The van der Waals surface area contributed by atoms with Gasteiger partial charge in [-0.1, -0.05) is 42.1 Å². The molecule has 8 heteroatoms. The van der Waals surface area contributed by atoms with E-state index >= 15 is 0 Å². The van der Waals surface area contributed by atoms with E-state index in [0.29, 0.717) is 22.3 Å². The fourth-order valence-electron chi connectivity index (χ4n) is 2.12. The number of thioether (sulfide) groups is 1. The van der Waals surface area contributed by atoms with Crippen molar-refractivity contribution in [3.8, 4) is 11.5 Å². The highest BCUT2D eigenvalue weighted by molar-refractivity contribution is 7.99. The van der Waals surface area contributed by atoms with Crippen molar-refractivity contribution >= 4 is 35.0 Å². The molecule has 0 aliphatic rings. The van der Waals surface area contributed by atoms with Gasteiger partial charge >= 0.3 is 0 Å². The quantitative estimate of drug-likeness (QED) is 0.452. The summed E-state index contributed by atoms with van der Waals surface area (Å²) in [6, 6.07) is 18.0. The lowest BCUT2D eigenvalue weighted by molar-refractivity contribution is -0.113. The summed E-state index contributed by atoms with van der Waals surface area (Å²) in [5, 5.41) is 3.18. The first-order valence-corrected chi connectivity index (χ1v) is 8.73. The van der Waals surface area contributed by atoms with E-state index in [-0.39, 0.29) is 23.3 Å². The molecule has 3 rings (SSSR count). The van der Waals surface area contributed by atoms with Gasteiger partial charge in [-0.3, -0.25) is 4.79 Å². The molecule has 2 aromatic carbocycles. The van der Waals surface area contributed by atoms with Crippen LogP contribution in [0.15, 0.2) is 65.8 Å². The first-order valence-electron chi connectivity index (χ1n) is 7.75. The maximum absolute atomic E-state index is 12.3. The molecule has 5 N–H and O–H groups in total. The highest BCUT2D eigenvalue weighted by Crippen LogP contribution is 2.29. The Kier molecular flexibility index (Phi) is 5.55. The number of nitrogens with one attached hydrogen (secondary N) is 1. The van der Waals surface area contributed by atoms with Gasteiger partial charge in [0.1, 0.15) is 17.4 Å². The number of benzene rings is 2. The summed E-state index contributed by atoms with van der Waals surface area (Å²) in [5.41, 5.74) is 11.8. The largest absolute Gasteiger partial charge is 0.455 e. The zero-order chi connectivity index (χ0) is 18.4. The standard InChI is InChI=1S/C18H17N5O2S/c19-15-10-16(20)23-18(22-15)26-11-17(24)21-13-8-4-5-9-14(13)25-12-6-2-1-3-7-12/h1-10H,11H2,(H,21,24)(H4,19,20,22,23). The Morgan fingerprint density at radius 1 is 1.00 bits per heavy atom. The number of para-hydroxylation sites is 3. The van der Waals surface area contributed by atoms with Crippen LogP contribution in [0.25, 0.3) is 0 Å². The van der Waals surface area contributed by atoms with E-state index in [9.17, 15) is 4.79 Å². The fourth-order valence-corrected chi connectivity index (χ4v) is 2.79. The van der Waals surface area contributed by atoms with Gasteiger partial charge in [0.2, 0.25) is 5.91 Å². The van der Waals surface area contributed by atoms with E-state index in [1.54, 1.807) is 12.1 Å². The third kappa shape index (κ3) is 4.87. The second-order valence-electron chi connectivity index (χ2n) is 5.25. The van der Waals surface area contributed by atoms with E-state index in [0.717, 1.165) is 11.8 Å². The molecule has 1 amide bonds. The number of hydrogen-bond donors (Lipinski definition) is 3. The molecule has 1 heterocycles. The third-order valence-corrected chi connectivity index (χ3v) is 4.06. The molecule has 0 unspecified atom stereocenters. The Bertz CT molecular complexity index is 885. The maximum Gasteiger partial charge on any atom is 0.234 e. The SMILES string of the molecule is Nc1cc(N)nc(SCC(=O)Nc2ccccc2Oc2ccccc2)n1. The fraction of sp³-hybridized carbons (Fsp3) is 0.0556. The molecule has 26 heavy (non-hydrogen) atoms. The zero-order valence-corrected chi connectivity index (χ0v) is 14.6. The predicted octanol–water partition coefficient (Wildman–Crippen LogP) is 3.16. The molecule has 0 aliphatic heterocycles. The Morgan fingerprint density at radius 3 is 2.38 bits per heavy atom. The molecule has 0 fully saturated rings. The van der Waals surface area contributed by atoms with Crippen molar-refractivity contribution in [3.63, 3.8) is 0 Å². The van der Waals surface area contributed by atoms with E-state index in [2.05, 4.69) is 15.3 Å². The molecular formula is C18H17N5O2S. The topological polar surface area (TPSA) is 116 Å². The summed E-state index contributed by atoms with van der Waals surface area (Å²) in [4.78, 5) is 20.3. The lowest BCUT2D eigenvalue weighted by atomic mass is 10.3. The summed E-state index contributed by atoms with van der Waals surface area (Å²) in [7, 11) is 0. The maximum atomic E-state index is 12.3. The molecule has 132 valence electrons. The van der Waals surface area contributed by atoms with Gasteiger partial charge in [0.15, 0.2) is 10.9 Å². The molecular weight excluding hydrogens is 350 g/mol. The molecule has 0 atom stereocenters. The number of nitrogens with two attached hydrogens (primary N) is 2. The molecule has 0 radical (unpaired) electrons. The van der Waals surface area contributed by atoms with Gasteiger partial charge < -0.3 is 21.5 Å². The Morgan fingerprint density at radius 2 is 1.65 bits per heavy atom. The molecule has 3 aromatic rings. The number of hydrogen-bond acceptors (Lipinski definition) is 7. The van der Waals surface area contributed by atoms with Crippen molar-refractivity contribution < 1.29 is 9.53 Å². The predicted molar refractivity (Wildman–Crippen MR) is 103 cm³/mol. The number of ether oxygens (including phenoxy) is 1. The first kappa shape index (κ1) is 17.6. The third-order valence-electron chi connectivity index (χ3n) is 3.21. The van der Waals surface area contributed by atoms with Gasteiger partial charge in [0.25, 0.3) is 0 Å². The number of carbonyl (C=O) groups is 1. The van der Waals surface area contributed by atoms with Crippen LogP contribution in [-0.2, 0) is 4.79 Å². The van der Waals surface area contributed by atoms with Gasteiger partial charge in [-0.15, -0.1) is 0 Å². The number of nitrogen functional groups attached to an aromatic ring is 2.